The summed E-state index contributed by atoms with van der Waals surface area (Å²) in [5, 5.41) is 0. The van der Waals surface area contributed by atoms with Crippen LogP contribution < -0.4 is 0 Å². The Kier molecular flexibility index (Phi) is 4.40. The number of hydrogen-bond donors (Lipinski definition) is 0. The molecule has 0 atom stereocenters. The molecule has 0 aliphatic carbocycles. The minimum Gasteiger partial charge on any atom is -0.292 e. The maximum absolute atomic E-state index is 13.6. The van der Waals surface area contributed by atoms with Crippen molar-refractivity contribution >= 4 is 5.78 Å². The van der Waals surface area contributed by atoms with E-state index >= 15 is 0 Å². The zero-order chi connectivity index (χ0) is 13.1. The third-order valence-electron chi connectivity index (χ3n) is 3.23. The summed E-state index contributed by atoms with van der Waals surface area (Å²) >= 11 is 0. The molecule has 0 aromatic heterocycles. The molecular formula is C14H20FNO. The van der Waals surface area contributed by atoms with E-state index in [1.54, 1.807) is 18.2 Å². The van der Waals surface area contributed by atoms with Gasteiger partial charge in [-0.3, -0.25) is 9.69 Å². The average molecular weight is 237 g/mol. The van der Waals surface area contributed by atoms with Gasteiger partial charge in [-0.2, -0.15) is 0 Å². The lowest BCUT2D eigenvalue weighted by molar-refractivity contribution is 0.0664. The smallest absolute Gasteiger partial charge is 0.185 e. The van der Waals surface area contributed by atoms with Gasteiger partial charge < -0.3 is 0 Å². The average Bonchev–Trinajstić information content (AvgIpc) is 2.30. The standard InChI is InChI=1S/C14H20FNO/c1-5-16(6-2)14(3,4)13(17)11-9-7-8-10-12(11)15/h7-10H,5-6H2,1-4H3. The Hall–Kier alpha value is -1.22. The molecule has 1 rings (SSSR count). The highest BCUT2D eigenvalue weighted by molar-refractivity contribution is 6.02. The zero-order valence-electron chi connectivity index (χ0n) is 11.0. The lowest BCUT2D eigenvalue weighted by atomic mass is 9.91. The van der Waals surface area contributed by atoms with Crippen molar-refractivity contribution in [1.29, 1.82) is 0 Å². The van der Waals surface area contributed by atoms with Crippen molar-refractivity contribution in [3.05, 3.63) is 35.6 Å². The predicted octanol–water partition coefficient (Wildman–Crippen LogP) is 3.13. The van der Waals surface area contributed by atoms with E-state index in [9.17, 15) is 9.18 Å². The molecule has 0 saturated heterocycles. The molecule has 0 N–H and O–H groups in total. The van der Waals surface area contributed by atoms with Gasteiger partial charge in [0.25, 0.3) is 0 Å². The lowest BCUT2D eigenvalue weighted by Crippen LogP contribution is -2.50. The molecule has 0 unspecified atom stereocenters. The molecule has 3 heteroatoms. The number of rotatable bonds is 5. The second-order valence-electron chi connectivity index (χ2n) is 4.54. The van der Waals surface area contributed by atoms with E-state index in [2.05, 4.69) is 0 Å². The Morgan fingerprint density at radius 3 is 2.24 bits per heavy atom. The number of nitrogens with zero attached hydrogens (tertiary/aromatic N) is 1. The summed E-state index contributed by atoms with van der Waals surface area (Å²) in [5.74, 6) is -0.614. The first-order valence-electron chi connectivity index (χ1n) is 5.99. The van der Waals surface area contributed by atoms with Crippen LogP contribution in [0.4, 0.5) is 4.39 Å². The van der Waals surface area contributed by atoms with Crippen LogP contribution in [-0.2, 0) is 0 Å². The molecule has 0 fully saturated rings. The molecule has 94 valence electrons. The monoisotopic (exact) mass is 237 g/mol. The molecule has 0 aliphatic rings. The summed E-state index contributed by atoms with van der Waals surface area (Å²) in [7, 11) is 0. The minimum absolute atomic E-state index is 0.167. The van der Waals surface area contributed by atoms with Crippen molar-refractivity contribution in [2.45, 2.75) is 33.2 Å². The molecule has 2 nitrogen and oxygen atoms in total. The van der Waals surface area contributed by atoms with Gasteiger partial charge in [0.1, 0.15) is 5.82 Å². The van der Waals surface area contributed by atoms with E-state index < -0.39 is 11.4 Å². The molecule has 17 heavy (non-hydrogen) atoms. The lowest BCUT2D eigenvalue weighted by Gasteiger charge is -2.35. The fourth-order valence-corrected chi connectivity index (χ4v) is 2.13. The van der Waals surface area contributed by atoms with Crippen molar-refractivity contribution in [3.8, 4) is 0 Å². The summed E-state index contributed by atoms with van der Waals surface area (Å²) in [6.07, 6.45) is 0. The van der Waals surface area contributed by atoms with E-state index in [-0.39, 0.29) is 11.3 Å². The molecule has 0 aliphatic heterocycles. The normalized spacial score (nSPS) is 11.9. The Balaban J connectivity index is 3.08. The van der Waals surface area contributed by atoms with E-state index in [1.807, 2.05) is 32.6 Å². The van der Waals surface area contributed by atoms with Gasteiger partial charge in [0.05, 0.1) is 11.1 Å². The summed E-state index contributed by atoms with van der Waals surface area (Å²) in [4.78, 5) is 14.4. The molecule has 0 heterocycles. The van der Waals surface area contributed by atoms with Gasteiger partial charge in [0.2, 0.25) is 0 Å². The minimum atomic E-state index is -0.675. The topological polar surface area (TPSA) is 20.3 Å². The van der Waals surface area contributed by atoms with Crippen LogP contribution in [0.15, 0.2) is 24.3 Å². The van der Waals surface area contributed by atoms with Crippen molar-refractivity contribution < 1.29 is 9.18 Å². The predicted molar refractivity (Wildman–Crippen MR) is 67.7 cm³/mol. The van der Waals surface area contributed by atoms with E-state index in [4.69, 9.17) is 0 Å². The third-order valence-corrected chi connectivity index (χ3v) is 3.23. The number of Topliss-reactive ketones (excluding diaryl/α,β-unsaturated/α-hetero) is 1. The first kappa shape index (κ1) is 13.8. The Morgan fingerprint density at radius 2 is 1.76 bits per heavy atom. The summed E-state index contributed by atoms with van der Waals surface area (Å²) in [6, 6.07) is 6.15. The van der Waals surface area contributed by atoms with Crippen LogP contribution in [0.5, 0.6) is 0 Å². The van der Waals surface area contributed by atoms with Gasteiger partial charge in [-0.05, 0) is 39.1 Å². The second kappa shape index (κ2) is 5.41. The Labute approximate surface area is 102 Å². The van der Waals surface area contributed by atoms with Gasteiger partial charge >= 0.3 is 0 Å². The first-order valence-corrected chi connectivity index (χ1v) is 5.99. The molecule has 0 spiro atoms. The van der Waals surface area contributed by atoms with Crippen molar-refractivity contribution in [2.24, 2.45) is 0 Å². The highest BCUT2D eigenvalue weighted by Gasteiger charge is 2.34. The third kappa shape index (κ3) is 2.72. The second-order valence-corrected chi connectivity index (χ2v) is 4.54. The van der Waals surface area contributed by atoms with Gasteiger partial charge in [-0.15, -0.1) is 0 Å². The quantitative estimate of drug-likeness (QED) is 0.733. The number of benzene rings is 1. The van der Waals surface area contributed by atoms with Crippen molar-refractivity contribution in [1.82, 2.24) is 4.90 Å². The summed E-state index contributed by atoms with van der Waals surface area (Å²) in [6.45, 7) is 9.22. The molecule has 0 amide bonds. The maximum Gasteiger partial charge on any atom is 0.185 e. The molecule has 1 aromatic carbocycles. The van der Waals surface area contributed by atoms with Crippen LogP contribution >= 0.6 is 0 Å². The maximum atomic E-state index is 13.6. The number of hydrogen-bond acceptors (Lipinski definition) is 2. The number of likely N-dealkylation sites (N-methyl/N-ethyl adjacent to an activating group) is 1. The van der Waals surface area contributed by atoms with Crippen LogP contribution in [0.1, 0.15) is 38.1 Å². The fraction of sp³-hybridized carbons (Fsp3) is 0.500. The van der Waals surface area contributed by atoms with Gasteiger partial charge in [0.15, 0.2) is 5.78 Å². The van der Waals surface area contributed by atoms with Crippen LogP contribution in [0, 0.1) is 5.82 Å². The van der Waals surface area contributed by atoms with Gasteiger partial charge in [-0.1, -0.05) is 26.0 Å². The Bertz CT molecular complexity index is 397. The molecular weight excluding hydrogens is 217 g/mol. The Morgan fingerprint density at radius 1 is 1.24 bits per heavy atom. The number of ketones is 1. The van der Waals surface area contributed by atoms with E-state index in [0.29, 0.717) is 0 Å². The van der Waals surface area contributed by atoms with E-state index in [1.165, 1.54) is 6.07 Å². The molecule has 0 saturated carbocycles. The SMILES string of the molecule is CCN(CC)C(C)(C)C(=O)c1ccccc1F. The van der Waals surface area contributed by atoms with Crippen molar-refractivity contribution in [3.63, 3.8) is 0 Å². The highest BCUT2D eigenvalue weighted by Crippen LogP contribution is 2.21. The molecule has 0 radical (unpaired) electrons. The molecule has 1 aromatic rings. The first-order chi connectivity index (χ1) is 7.95. The largest absolute Gasteiger partial charge is 0.292 e. The number of halogens is 1. The van der Waals surface area contributed by atoms with Crippen molar-refractivity contribution in [2.75, 3.05) is 13.1 Å². The van der Waals surface area contributed by atoms with E-state index in [0.717, 1.165) is 13.1 Å². The number of carbonyl (C=O) groups excluding carboxylic acids is 1. The summed E-state index contributed by atoms with van der Waals surface area (Å²) in [5.41, 5.74) is -0.504. The summed E-state index contributed by atoms with van der Waals surface area (Å²) < 4.78 is 13.6. The highest BCUT2D eigenvalue weighted by atomic mass is 19.1. The van der Waals surface area contributed by atoms with Crippen LogP contribution in [0.2, 0.25) is 0 Å². The van der Waals surface area contributed by atoms with Gasteiger partial charge in [-0.25, -0.2) is 4.39 Å². The fourth-order valence-electron chi connectivity index (χ4n) is 2.13. The van der Waals surface area contributed by atoms with Crippen LogP contribution in [0.3, 0.4) is 0 Å². The van der Waals surface area contributed by atoms with Gasteiger partial charge in [0, 0.05) is 0 Å². The molecule has 0 bridgehead atoms. The van der Waals surface area contributed by atoms with Crippen LogP contribution in [0.25, 0.3) is 0 Å². The van der Waals surface area contributed by atoms with Crippen LogP contribution in [-0.4, -0.2) is 29.3 Å². The zero-order valence-corrected chi connectivity index (χ0v) is 11.0. The number of carbonyl (C=O) groups is 1.